The molecule has 1 heterocycles. The van der Waals surface area contributed by atoms with Crippen LogP contribution >= 0.6 is 15.9 Å². The highest BCUT2D eigenvalue weighted by Crippen LogP contribution is 2.23. The van der Waals surface area contributed by atoms with Crippen LogP contribution in [-0.2, 0) is 0 Å². The Bertz CT molecular complexity index is 819. The zero-order valence-electron chi connectivity index (χ0n) is 15.4. The van der Waals surface area contributed by atoms with Gasteiger partial charge in [0.05, 0.1) is 6.04 Å². The molecule has 3 rings (SSSR count). The van der Waals surface area contributed by atoms with Crippen LogP contribution in [-0.4, -0.2) is 29.9 Å². The average molecular weight is 430 g/mol. The number of carbonyl (C=O) groups is 2. The van der Waals surface area contributed by atoms with Gasteiger partial charge in [-0.15, -0.1) is 0 Å². The van der Waals surface area contributed by atoms with Crippen molar-refractivity contribution in [1.82, 2.24) is 10.2 Å². The number of rotatable bonds is 4. The third-order valence-corrected chi connectivity index (χ3v) is 5.45. The molecular weight excluding hydrogens is 406 g/mol. The molecule has 0 saturated carbocycles. The largest absolute Gasteiger partial charge is 0.339 e. The van der Waals surface area contributed by atoms with Crippen LogP contribution in [0, 0.1) is 0 Å². The summed E-state index contributed by atoms with van der Waals surface area (Å²) in [5.74, 6) is 0.0281. The predicted molar refractivity (Wildman–Crippen MR) is 111 cm³/mol. The normalized spacial score (nSPS) is 15.1. The van der Waals surface area contributed by atoms with Gasteiger partial charge in [-0.2, -0.15) is 0 Å². The fraction of sp³-hybridized carbons (Fsp3) is 0.333. The van der Waals surface area contributed by atoms with Crippen LogP contribution in [0.2, 0.25) is 0 Å². The van der Waals surface area contributed by atoms with Crippen molar-refractivity contribution in [3.05, 3.63) is 64.1 Å². The van der Waals surface area contributed by atoms with Crippen LogP contribution in [0.4, 0.5) is 10.5 Å². The number of carbonyl (C=O) groups excluding carboxylic acids is 2. The van der Waals surface area contributed by atoms with Gasteiger partial charge in [0.2, 0.25) is 0 Å². The maximum Gasteiger partial charge on any atom is 0.319 e. The lowest BCUT2D eigenvalue weighted by Gasteiger charge is -2.26. The van der Waals surface area contributed by atoms with Crippen molar-refractivity contribution in [1.29, 1.82) is 0 Å². The standard InChI is InChI=1S/C21H24BrN3O2/c1-15(18-10-3-4-11-19(18)22)23-21(27)24-17-9-7-8-16(14-17)20(26)25-12-5-2-6-13-25/h3-4,7-11,14-15H,2,5-6,12-13H2,1H3,(H2,23,24,27). The maximum atomic E-state index is 12.6. The summed E-state index contributed by atoms with van der Waals surface area (Å²) in [5, 5.41) is 5.75. The van der Waals surface area contributed by atoms with E-state index in [1.54, 1.807) is 24.3 Å². The molecule has 1 unspecified atom stereocenters. The molecule has 6 heteroatoms. The molecule has 0 aromatic heterocycles. The SMILES string of the molecule is CC(NC(=O)Nc1cccc(C(=O)N2CCCCC2)c1)c1ccccc1Br. The van der Waals surface area contributed by atoms with E-state index < -0.39 is 0 Å². The molecule has 142 valence electrons. The van der Waals surface area contributed by atoms with Gasteiger partial charge in [0.25, 0.3) is 5.91 Å². The molecule has 1 aliphatic rings. The van der Waals surface area contributed by atoms with Crippen molar-refractivity contribution in [3.8, 4) is 0 Å². The van der Waals surface area contributed by atoms with Gasteiger partial charge >= 0.3 is 6.03 Å². The Labute approximate surface area is 168 Å². The van der Waals surface area contributed by atoms with Crippen LogP contribution in [0.1, 0.15) is 48.1 Å². The van der Waals surface area contributed by atoms with E-state index in [0.717, 1.165) is 36.0 Å². The van der Waals surface area contributed by atoms with Crippen LogP contribution in [0.15, 0.2) is 53.0 Å². The number of benzene rings is 2. The van der Waals surface area contributed by atoms with Crippen LogP contribution in [0.3, 0.4) is 0 Å². The molecule has 0 bridgehead atoms. The van der Waals surface area contributed by atoms with Gasteiger partial charge < -0.3 is 15.5 Å². The average Bonchev–Trinajstić information content (AvgIpc) is 2.68. The fourth-order valence-corrected chi connectivity index (χ4v) is 3.91. The molecule has 1 aliphatic heterocycles. The molecule has 27 heavy (non-hydrogen) atoms. The summed E-state index contributed by atoms with van der Waals surface area (Å²) in [7, 11) is 0. The number of halogens is 1. The monoisotopic (exact) mass is 429 g/mol. The first-order chi connectivity index (χ1) is 13.0. The summed E-state index contributed by atoms with van der Waals surface area (Å²) in [6.45, 7) is 3.54. The third kappa shape index (κ3) is 5.10. The number of nitrogens with one attached hydrogen (secondary N) is 2. The van der Waals surface area contributed by atoms with E-state index in [2.05, 4.69) is 26.6 Å². The summed E-state index contributed by atoms with van der Waals surface area (Å²) < 4.78 is 0.951. The fourth-order valence-electron chi connectivity index (χ4n) is 3.28. The van der Waals surface area contributed by atoms with E-state index in [1.165, 1.54) is 6.42 Å². The Morgan fingerprint density at radius 2 is 1.78 bits per heavy atom. The van der Waals surface area contributed by atoms with Gasteiger partial charge in [-0.3, -0.25) is 4.79 Å². The van der Waals surface area contributed by atoms with E-state index in [9.17, 15) is 9.59 Å². The number of anilines is 1. The van der Waals surface area contributed by atoms with Crippen molar-refractivity contribution >= 4 is 33.6 Å². The number of hydrogen-bond donors (Lipinski definition) is 2. The summed E-state index contributed by atoms with van der Waals surface area (Å²) in [4.78, 5) is 26.9. The van der Waals surface area contributed by atoms with Crippen LogP contribution in [0.25, 0.3) is 0 Å². The van der Waals surface area contributed by atoms with Gasteiger partial charge in [-0.25, -0.2) is 4.79 Å². The smallest absolute Gasteiger partial charge is 0.319 e. The van der Waals surface area contributed by atoms with Crippen molar-refractivity contribution in [3.63, 3.8) is 0 Å². The number of hydrogen-bond acceptors (Lipinski definition) is 2. The molecule has 5 nitrogen and oxygen atoms in total. The topological polar surface area (TPSA) is 61.4 Å². The summed E-state index contributed by atoms with van der Waals surface area (Å²) >= 11 is 3.50. The maximum absolute atomic E-state index is 12.6. The quantitative estimate of drug-likeness (QED) is 0.721. The lowest BCUT2D eigenvalue weighted by molar-refractivity contribution is 0.0724. The van der Waals surface area contributed by atoms with Gasteiger partial charge in [0.15, 0.2) is 0 Å². The molecule has 2 aromatic rings. The van der Waals surface area contributed by atoms with Crippen molar-refractivity contribution < 1.29 is 9.59 Å². The molecule has 2 N–H and O–H groups in total. The summed E-state index contributed by atoms with van der Waals surface area (Å²) in [5.41, 5.74) is 2.21. The molecule has 0 radical (unpaired) electrons. The number of piperidine rings is 1. The first-order valence-corrected chi connectivity index (χ1v) is 10.0. The molecule has 1 fully saturated rings. The Balaban J connectivity index is 1.62. The number of urea groups is 1. The number of likely N-dealkylation sites (tertiary alicyclic amines) is 1. The van der Waals surface area contributed by atoms with Gasteiger partial charge in [0, 0.05) is 28.8 Å². The predicted octanol–water partition coefficient (Wildman–Crippen LogP) is 4.96. The lowest BCUT2D eigenvalue weighted by Crippen LogP contribution is -2.35. The molecule has 2 aromatic carbocycles. The first kappa shape index (κ1) is 19.4. The molecule has 0 aliphatic carbocycles. The minimum Gasteiger partial charge on any atom is -0.339 e. The highest BCUT2D eigenvalue weighted by Gasteiger charge is 2.18. The third-order valence-electron chi connectivity index (χ3n) is 4.73. The van der Waals surface area contributed by atoms with Crippen molar-refractivity contribution in [2.75, 3.05) is 18.4 Å². The zero-order valence-corrected chi connectivity index (χ0v) is 17.0. The van der Waals surface area contributed by atoms with Gasteiger partial charge in [-0.1, -0.05) is 40.2 Å². The van der Waals surface area contributed by atoms with E-state index in [-0.39, 0.29) is 18.0 Å². The molecule has 1 saturated heterocycles. The van der Waals surface area contributed by atoms with Gasteiger partial charge in [-0.05, 0) is 56.0 Å². The van der Waals surface area contributed by atoms with E-state index >= 15 is 0 Å². The van der Waals surface area contributed by atoms with Crippen LogP contribution in [0.5, 0.6) is 0 Å². The second-order valence-corrected chi connectivity index (χ2v) is 7.63. The van der Waals surface area contributed by atoms with Crippen LogP contribution < -0.4 is 10.6 Å². The number of amides is 3. The Kier molecular flexibility index (Phi) is 6.50. The first-order valence-electron chi connectivity index (χ1n) is 9.26. The van der Waals surface area contributed by atoms with E-state index in [1.807, 2.05) is 36.1 Å². The molecule has 0 spiro atoms. The Hall–Kier alpha value is -2.34. The molecule has 1 atom stereocenters. The highest BCUT2D eigenvalue weighted by molar-refractivity contribution is 9.10. The number of nitrogens with zero attached hydrogens (tertiary/aromatic N) is 1. The minimum absolute atomic E-state index is 0.0281. The second kappa shape index (κ2) is 9.04. The van der Waals surface area contributed by atoms with E-state index in [4.69, 9.17) is 0 Å². The summed E-state index contributed by atoms with van der Waals surface area (Å²) in [6.07, 6.45) is 3.29. The van der Waals surface area contributed by atoms with Gasteiger partial charge in [0.1, 0.15) is 0 Å². The van der Waals surface area contributed by atoms with E-state index in [0.29, 0.717) is 11.3 Å². The highest BCUT2D eigenvalue weighted by atomic mass is 79.9. The zero-order chi connectivity index (χ0) is 19.2. The Morgan fingerprint density at radius 3 is 2.52 bits per heavy atom. The lowest BCUT2D eigenvalue weighted by atomic mass is 10.1. The molecular formula is C21H24BrN3O2. The van der Waals surface area contributed by atoms with Crippen molar-refractivity contribution in [2.24, 2.45) is 0 Å². The Morgan fingerprint density at radius 1 is 1.04 bits per heavy atom. The molecule has 3 amide bonds. The van der Waals surface area contributed by atoms with Crippen molar-refractivity contribution in [2.45, 2.75) is 32.2 Å². The second-order valence-electron chi connectivity index (χ2n) is 6.78. The minimum atomic E-state index is -0.305. The summed E-state index contributed by atoms with van der Waals surface area (Å²) in [6, 6.07) is 14.4.